The molecule has 0 spiro atoms. The van der Waals surface area contributed by atoms with Crippen LogP contribution in [0.5, 0.6) is 0 Å². The third-order valence-corrected chi connectivity index (χ3v) is 6.23. The van der Waals surface area contributed by atoms with Crippen LogP contribution in [0.1, 0.15) is 27.4 Å². The fourth-order valence-electron chi connectivity index (χ4n) is 3.78. The quantitative estimate of drug-likeness (QED) is 0.662. The van der Waals surface area contributed by atoms with Crippen LogP contribution in [0.4, 0.5) is 10.8 Å². The van der Waals surface area contributed by atoms with E-state index in [-0.39, 0.29) is 18.4 Å². The van der Waals surface area contributed by atoms with Crippen molar-refractivity contribution in [1.29, 1.82) is 0 Å². The number of rotatable bonds is 5. The number of carbonyl (C=O) groups excluding carboxylic acids is 2. The summed E-state index contributed by atoms with van der Waals surface area (Å²) in [5, 5.41) is 9.77. The Labute approximate surface area is 185 Å². The summed E-state index contributed by atoms with van der Waals surface area (Å²) in [7, 11) is 0. The Morgan fingerprint density at radius 2 is 1.81 bits per heavy atom. The van der Waals surface area contributed by atoms with Gasteiger partial charge >= 0.3 is 0 Å². The minimum atomic E-state index is -0.173. The number of hydrogen-bond donors (Lipinski definition) is 1. The SMILES string of the molecule is Cc1csc(NC(=O)c2ccccc2N2CCN(C(=O)Cn3nc(C)cc3C)CC2)n1. The van der Waals surface area contributed by atoms with E-state index in [1.165, 1.54) is 11.3 Å². The Kier molecular flexibility index (Phi) is 6.03. The normalized spacial score (nSPS) is 14.0. The van der Waals surface area contributed by atoms with E-state index in [2.05, 4.69) is 20.3 Å². The molecular weight excluding hydrogens is 412 g/mol. The molecule has 4 rings (SSSR count). The lowest BCUT2D eigenvalue weighted by Gasteiger charge is -2.36. The van der Waals surface area contributed by atoms with Crippen LogP contribution in [-0.4, -0.2) is 57.7 Å². The van der Waals surface area contributed by atoms with Crippen molar-refractivity contribution < 1.29 is 9.59 Å². The highest BCUT2D eigenvalue weighted by atomic mass is 32.1. The molecule has 1 saturated heterocycles. The molecule has 0 atom stereocenters. The molecule has 3 heterocycles. The third kappa shape index (κ3) is 4.77. The van der Waals surface area contributed by atoms with Gasteiger partial charge in [0, 0.05) is 42.9 Å². The Balaban J connectivity index is 1.40. The van der Waals surface area contributed by atoms with Crippen molar-refractivity contribution in [2.45, 2.75) is 27.3 Å². The molecule has 1 aliphatic rings. The van der Waals surface area contributed by atoms with Crippen molar-refractivity contribution in [3.63, 3.8) is 0 Å². The maximum Gasteiger partial charge on any atom is 0.259 e. The molecule has 0 unspecified atom stereocenters. The molecule has 162 valence electrons. The van der Waals surface area contributed by atoms with Crippen LogP contribution in [-0.2, 0) is 11.3 Å². The zero-order chi connectivity index (χ0) is 22.0. The predicted molar refractivity (Wildman–Crippen MR) is 122 cm³/mol. The summed E-state index contributed by atoms with van der Waals surface area (Å²) in [6, 6.07) is 9.54. The number of carbonyl (C=O) groups is 2. The molecule has 3 aromatic rings. The van der Waals surface area contributed by atoms with E-state index >= 15 is 0 Å². The highest BCUT2D eigenvalue weighted by Gasteiger charge is 2.24. The third-order valence-electron chi connectivity index (χ3n) is 5.35. The van der Waals surface area contributed by atoms with E-state index in [0.717, 1.165) is 22.8 Å². The Hall–Kier alpha value is -3.20. The van der Waals surface area contributed by atoms with E-state index in [1.54, 1.807) is 4.68 Å². The van der Waals surface area contributed by atoms with Crippen molar-refractivity contribution in [2.24, 2.45) is 0 Å². The van der Waals surface area contributed by atoms with Gasteiger partial charge in [0.25, 0.3) is 5.91 Å². The first-order chi connectivity index (χ1) is 14.9. The molecule has 0 radical (unpaired) electrons. The topological polar surface area (TPSA) is 83.4 Å². The van der Waals surface area contributed by atoms with E-state index in [1.807, 2.05) is 61.4 Å². The smallest absolute Gasteiger partial charge is 0.259 e. The summed E-state index contributed by atoms with van der Waals surface area (Å²) in [6.07, 6.45) is 0. The number of thiazole rings is 1. The lowest BCUT2D eigenvalue weighted by atomic mass is 10.1. The molecule has 2 aromatic heterocycles. The summed E-state index contributed by atoms with van der Waals surface area (Å²) < 4.78 is 1.75. The van der Waals surface area contributed by atoms with Crippen LogP contribution >= 0.6 is 11.3 Å². The van der Waals surface area contributed by atoms with Crippen LogP contribution in [0, 0.1) is 20.8 Å². The first-order valence-corrected chi connectivity index (χ1v) is 11.1. The number of para-hydroxylation sites is 1. The van der Waals surface area contributed by atoms with Crippen LogP contribution < -0.4 is 10.2 Å². The Morgan fingerprint density at radius 1 is 1.06 bits per heavy atom. The summed E-state index contributed by atoms with van der Waals surface area (Å²) in [6.45, 7) is 8.60. The van der Waals surface area contributed by atoms with Crippen LogP contribution in [0.2, 0.25) is 0 Å². The summed E-state index contributed by atoms with van der Waals surface area (Å²) in [5.41, 5.74) is 4.27. The summed E-state index contributed by atoms with van der Waals surface area (Å²) in [5.74, 6) is -0.107. The van der Waals surface area contributed by atoms with Crippen molar-refractivity contribution in [3.8, 4) is 0 Å². The molecule has 9 heteroatoms. The molecular formula is C22H26N6O2S. The molecule has 0 saturated carbocycles. The van der Waals surface area contributed by atoms with Crippen molar-refractivity contribution in [1.82, 2.24) is 19.7 Å². The second-order valence-electron chi connectivity index (χ2n) is 7.72. The summed E-state index contributed by atoms with van der Waals surface area (Å²) in [4.78, 5) is 33.9. The minimum Gasteiger partial charge on any atom is -0.367 e. The van der Waals surface area contributed by atoms with Gasteiger partial charge in [0.2, 0.25) is 5.91 Å². The van der Waals surface area contributed by atoms with Crippen LogP contribution in [0.3, 0.4) is 0 Å². The average molecular weight is 439 g/mol. The van der Waals surface area contributed by atoms with Crippen molar-refractivity contribution in [3.05, 3.63) is 58.4 Å². The molecule has 8 nitrogen and oxygen atoms in total. The van der Waals surface area contributed by atoms with Gasteiger partial charge < -0.3 is 9.80 Å². The highest BCUT2D eigenvalue weighted by Crippen LogP contribution is 2.24. The van der Waals surface area contributed by atoms with Gasteiger partial charge in [-0.05, 0) is 39.0 Å². The summed E-state index contributed by atoms with van der Waals surface area (Å²) >= 11 is 1.41. The molecule has 1 fully saturated rings. The lowest BCUT2D eigenvalue weighted by molar-refractivity contribution is -0.132. The number of aromatic nitrogens is 3. The fraction of sp³-hybridized carbons (Fsp3) is 0.364. The molecule has 0 aliphatic carbocycles. The number of anilines is 2. The van der Waals surface area contributed by atoms with Crippen molar-refractivity contribution >= 4 is 34.0 Å². The number of nitrogens with one attached hydrogen (secondary N) is 1. The largest absolute Gasteiger partial charge is 0.367 e. The number of aryl methyl sites for hydroxylation is 3. The monoisotopic (exact) mass is 438 g/mol. The first-order valence-electron chi connectivity index (χ1n) is 10.3. The van der Waals surface area contributed by atoms with Gasteiger partial charge in [-0.15, -0.1) is 11.3 Å². The van der Waals surface area contributed by atoms with E-state index in [4.69, 9.17) is 0 Å². The van der Waals surface area contributed by atoms with Gasteiger partial charge in [0.1, 0.15) is 6.54 Å². The Bertz CT molecular complexity index is 1100. The second kappa shape index (κ2) is 8.89. The molecule has 31 heavy (non-hydrogen) atoms. The first kappa shape index (κ1) is 21.0. The van der Waals surface area contributed by atoms with Crippen LogP contribution in [0.15, 0.2) is 35.7 Å². The second-order valence-corrected chi connectivity index (χ2v) is 8.58. The van der Waals surface area contributed by atoms with Gasteiger partial charge in [0.15, 0.2) is 5.13 Å². The highest BCUT2D eigenvalue weighted by molar-refractivity contribution is 7.13. The number of amides is 2. The van der Waals surface area contributed by atoms with E-state index in [9.17, 15) is 9.59 Å². The van der Waals surface area contributed by atoms with Gasteiger partial charge in [-0.3, -0.25) is 19.6 Å². The molecule has 1 N–H and O–H groups in total. The average Bonchev–Trinajstić information content (AvgIpc) is 3.31. The molecule has 2 amide bonds. The van der Waals surface area contributed by atoms with Gasteiger partial charge in [-0.1, -0.05) is 12.1 Å². The standard InChI is InChI=1S/C22H26N6O2S/c1-15-12-17(3)28(25-15)13-20(29)27-10-8-26(9-11-27)19-7-5-4-6-18(19)21(30)24-22-23-16(2)14-31-22/h4-7,12,14H,8-11,13H2,1-3H3,(H,23,24,30). The van der Waals surface area contributed by atoms with Gasteiger partial charge in [0.05, 0.1) is 17.0 Å². The van der Waals surface area contributed by atoms with Gasteiger partial charge in [-0.2, -0.15) is 5.10 Å². The lowest BCUT2D eigenvalue weighted by Crippen LogP contribution is -2.50. The molecule has 1 aliphatic heterocycles. The zero-order valence-corrected chi connectivity index (χ0v) is 18.8. The van der Waals surface area contributed by atoms with Crippen molar-refractivity contribution in [2.75, 3.05) is 36.4 Å². The maximum atomic E-state index is 12.9. The number of hydrogen-bond acceptors (Lipinski definition) is 6. The Morgan fingerprint density at radius 3 is 2.45 bits per heavy atom. The maximum absolute atomic E-state index is 12.9. The minimum absolute atomic E-state index is 0.0658. The van der Waals surface area contributed by atoms with Gasteiger partial charge in [-0.25, -0.2) is 4.98 Å². The fourth-order valence-corrected chi connectivity index (χ4v) is 4.46. The molecule has 1 aromatic carbocycles. The number of benzene rings is 1. The number of nitrogens with zero attached hydrogens (tertiary/aromatic N) is 5. The van der Waals surface area contributed by atoms with E-state index < -0.39 is 0 Å². The molecule has 0 bridgehead atoms. The van der Waals surface area contributed by atoms with Crippen LogP contribution in [0.25, 0.3) is 0 Å². The zero-order valence-electron chi connectivity index (χ0n) is 18.0. The number of piperazine rings is 1. The van der Waals surface area contributed by atoms with E-state index in [0.29, 0.717) is 36.9 Å². The predicted octanol–water partition coefficient (Wildman–Crippen LogP) is 2.87.